The zero-order valence-corrected chi connectivity index (χ0v) is 13.0. The van der Waals surface area contributed by atoms with Gasteiger partial charge in [0.25, 0.3) is 5.91 Å². The van der Waals surface area contributed by atoms with Crippen LogP contribution in [-0.2, 0) is 25.9 Å². The second-order valence-corrected chi connectivity index (χ2v) is 5.64. The summed E-state index contributed by atoms with van der Waals surface area (Å²) in [5.41, 5.74) is 0.608. The highest BCUT2D eigenvalue weighted by atomic mass is 16.1. The predicted molar refractivity (Wildman–Crippen MR) is 81.5 cm³/mol. The highest BCUT2D eigenvalue weighted by molar-refractivity contribution is 5.93. The molecule has 118 valence electrons. The molecule has 1 amide bonds. The van der Waals surface area contributed by atoms with Crippen molar-refractivity contribution >= 4 is 5.91 Å². The number of aryl methyl sites for hydroxylation is 2. The summed E-state index contributed by atoms with van der Waals surface area (Å²) in [4.78, 5) is 12.1. The van der Waals surface area contributed by atoms with Gasteiger partial charge in [-0.2, -0.15) is 5.10 Å². The van der Waals surface area contributed by atoms with E-state index in [-0.39, 0.29) is 5.91 Å². The molecule has 0 spiro atoms. The van der Waals surface area contributed by atoms with E-state index in [4.69, 9.17) is 0 Å². The second-order valence-electron chi connectivity index (χ2n) is 5.64. The van der Waals surface area contributed by atoms with E-state index in [9.17, 15) is 4.79 Å². The van der Waals surface area contributed by atoms with Gasteiger partial charge >= 0.3 is 0 Å². The molecule has 0 fully saturated rings. The Morgan fingerprint density at radius 2 is 2.27 bits per heavy atom. The Bertz CT molecular complexity index is 644. The summed E-state index contributed by atoms with van der Waals surface area (Å²) in [7, 11) is 0. The summed E-state index contributed by atoms with van der Waals surface area (Å²) in [6.07, 6.45) is 8.50. The van der Waals surface area contributed by atoms with Crippen LogP contribution in [0.1, 0.15) is 48.2 Å². The average molecular weight is 302 g/mol. The molecule has 7 nitrogen and oxygen atoms in total. The van der Waals surface area contributed by atoms with E-state index < -0.39 is 0 Å². The third-order valence-electron chi connectivity index (χ3n) is 3.92. The molecule has 22 heavy (non-hydrogen) atoms. The lowest BCUT2D eigenvalue weighted by Crippen LogP contribution is -2.26. The molecule has 7 heteroatoms. The van der Waals surface area contributed by atoms with Crippen LogP contribution in [0.25, 0.3) is 0 Å². The number of nitrogens with one attached hydrogen (secondary N) is 1. The first kappa shape index (κ1) is 14.7. The maximum Gasteiger partial charge on any atom is 0.254 e. The van der Waals surface area contributed by atoms with Gasteiger partial charge in [0, 0.05) is 38.7 Å². The summed E-state index contributed by atoms with van der Waals surface area (Å²) in [6.45, 7) is 4.48. The molecule has 0 aliphatic carbocycles. The molecule has 0 saturated carbocycles. The van der Waals surface area contributed by atoms with Crippen LogP contribution in [-0.4, -0.2) is 37.0 Å². The summed E-state index contributed by atoms with van der Waals surface area (Å²) in [5.74, 6) is 1.96. The van der Waals surface area contributed by atoms with E-state index in [2.05, 4.69) is 32.1 Å². The van der Waals surface area contributed by atoms with Crippen LogP contribution in [0.2, 0.25) is 0 Å². The van der Waals surface area contributed by atoms with Crippen LogP contribution in [0.5, 0.6) is 0 Å². The molecule has 2 aromatic rings. The molecule has 0 atom stereocenters. The maximum absolute atomic E-state index is 12.1. The average Bonchev–Trinajstić information content (AvgIpc) is 3.15. The fourth-order valence-corrected chi connectivity index (χ4v) is 2.78. The molecule has 0 radical (unpaired) electrons. The van der Waals surface area contributed by atoms with Crippen molar-refractivity contribution in [2.45, 2.75) is 52.1 Å². The van der Waals surface area contributed by atoms with Crippen molar-refractivity contribution in [3.05, 3.63) is 29.6 Å². The number of hydrogen-bond acceptors (Lipinski definition) is 4. The van der Waals surface area contributed by atoms with Crippen LogP contribution in [0.4, 0.5) is 0 Å². The molecular formula is C15H22N6O. The van der Waals surface area contributed by atoms with Crippen molar-refractivity contribution in [1.29, 1.82) is 0 Å². The van der Waals surface area contributed by atoms with Crippen molar-refractivity contribution in [2.24, 2.45) is 0 Å². The predicted octanol–water partition coefficient (Wildman–Crippen LogP) is 1.19. The van der Waals surface area contributed by atoms with E-state index in [1.165, 1.54) is 12.8 Å². The van der Waals surface area contributed by atoms with Gasteiger partial charge in [-0.3, -0.25) is 9.48 Å². The lowest BCUT2D eigenvalue weighted by molar-refractivity contribution is 0.0953. The Balaban J connectivity index is 1.52. The monoisotopic (exact) mass is 302 g/mol. The zero-order chi connectivity index (χ0) is 15.4. The van der Waals surface area contributed by atoms with Crippen LogP contribution in [0, 0.1) is 0 Å². The van der Waals surface area contributed by atoms with Gasteiger partial charge in [-0.15, -0.1) is 10.2 Å². The third-order valence-corrected chi connectivity index (χ3v) is 3.92. The number of aromatic nitrogens is 5. The number of amides is 1. The minimum atomic E-state index is -0.0827. The lowest BCUT2D eigenvalue weighted by atomic mass is 10.1. The standard InChI is InChI=1S/C15H22N6O/c1-2-8-20-11-12(10-17-20)15(22)16-7-6-14-19-18-13-5-3-4-9-21(13)14/h10-11H,2-9H2,1H3,(H,16,22). The van der Waals surface area contributed by atoms with Crippen molar-refractivity contribution in [2.75, 3.05) is 6.54 Å². The molecule has 1 aliphatic heterocycles. The number of hydrogen-bond donors (Lipinski definition) is 1. The van der Waals surface area contributed by atoms with E-state index in [1.807, 2.05) is 0 Å². The fourth-order valence-electron chi connectivity index (χ4n) is 2.78. The fraction of sp³-hybridized carbons (Fsp3) is 0.600. The van der Waals surface area contributed by atoms with Gasteiger partial charge in [0.1, 0.15) is 11.6 Å². The first-order chi connectivity index (χ1) is 10.8. The molecule has 0 saturated heterocycles. The Morgan fingerprint density at radius 1 is 1.36 bits per heavy atom. The normalized spacial score (nSPS) is 13.9. The third kappa shape index (κ3) is 3.18. The second kappa shape index (κ2) is 6.72. The molecule has 0 aromatic carbocycles. The number of fused-ring (bicyclic) bond motifs is 1. The lowest BCUT2D eigenvalue weighted by Gasteiger charge is -2.14. The minimum absolute atomic E-state index is 0.0827. The SMILES string of the molecule is CCCn1cc(C(=O)NCCc2nnc3n2CCCC3)cn1. The topological polar surface area (TPSA) is 77.6 Å². The molecular weight excluding hydrogens is 280 g/mol. The molecule has 0 bridgehead atoms. The van der Waals surface area contributed by atoms with E-state index in [1.54, 1.807) is 17.1 Å². The largest absolute Gasteiger partial charge is 0.351 e. The minimum Gasteiger partial charge on any atom is -0.351 e. The van der Waals surface area contributed by atoms with Crippen molar-refractivity contribution in [1.82, 2.24) is 29.9 Å². The summed E-state index contributed by atoms with van der Waals surface area (Å²) in [6, 6.07) is 0. The van der Waals surface area contributed by atoms with Gasteiger partial charge in [-0.25, -0.2) is 0 Å². The van der Waals surface area contributed by atoms with Gasteiger partial charge in [-0.05, 0) is 19.3 Å². The molecule has 0 unspecified atom stereocenters. The number of rotatable bonds is 6. The quantitative estimate of drug-likeness (QED) is 0.869. The highest BCUT2D eigenvalue weighted by Gasteiger charge is 2.15. The van der Waals surface area contributed by atoms with Gasteiger partial charge < -0.3 is 9.88 Å². The van der Waals surface area contributed by atoms with Crippen LogP contribution in [0.3, 0.4) is 0 Å². The highest BCUT2D eigenvalue weighted by Crippen LogP contribution is 2.14. The molecule has 1 aliphatic rings. The molecule has 2 aromatic heterocycles. The first-order valence-electron chi connectivity index (χ1n) is 7.99. The number of nitrogens with zero attached hydrogens (tertiary/aromatic N) is 5. The van der Waals surface area contributed by atoms with Crippen molar-refractivity contribution in [3.63, 3.8) is 0 Å². The summed E-state index contributed by atoms with van der Waals surface area (Å²) in [5, 5.41) is 15.6. The smallest absolute Gasteiger partial charge is 0.254 e. The Morgan fingerprint density at radius 3 is 3.14 bits per heavy atom. The van der Waals surface area contributed by atoms with E-state index in [0.717, 1.165) is 37.6 Å². The number of carbonyl (C=O) groups excluding carboxylic acids is 1. The molecule has 3 heterocycles. The van der Waals surface area contributed by atoms with Gasteiger partial charge in [0.15, 0.2) is 0 Å². The van der Waals surface area contributed by atoms with Crippen LogP contribution < -0.4 is 5.32 Å². The van der Waals surface area contributed by atoms with E-state index in [0.29, 0.717) is 18.5 Å². The molecule has 3 rings (SSSR count). The molecule has 1 N–H and O–H groups in total. The number of carbonyl (C=O) groups is 1. The summed E-state index contributed by atoms with van der Waals surface area (Å²) < 4.78 is 3.98. The van der Waals surface area contributed by atoms with Crippen molar-refractivity contribution < 1.29 is 4.79 Å². The van der Waals surface area contributed by atoms with Gasteiger partial charge in [-0.1, -0.05) is 6.92 Å². The Hall–Kier alpha value is -2.18. The zero-order valence-electron chi connectivity index (χ0n) is 13.0. The van der Waals surface area contributed by atoms with E-state index >= 15 is 0 Å². The van der Waals surface area contributed by atoms with Crippen LogP contribution >= 0.6 is 0 Å². The maximum atomic E-state index is 12.1. The van der Waals surface area contributed by atoms with Crippen molar-refractivity contribution in [3.8, 4) is 0 Å². The van der Waals surface area contributed by atoms with Crippen LogP contribution in [0.15, 0.2) is 12.4 Å². The first-order valence-corrected chi connectivity index (χ1v) is 7.99. The Kier molecular flexibility index (Phi) is 4.50. The van der Waals surface area contributed by atoms with Gasteiger partial charge in [0.05, 0.1) is 11.8 Å². The Labute approximate surface area is 129 Å². The summed E-state index contributed by atoms with van der Waals surface area (Å²) >= 11 is 0. The van der Waals surface area contributed by atoms with Gasteiger partial charge in [0.2, 0.25) is 0 Å².